The minimum Gasteiger partial charge on any atom is -0.367 e. The van der Waals surface area contributed by atoms with Crippen molar-refractivity contribution < 1.29 is 0 Å². The Balaban J connectivity index is 2.11. The Bertz CT molecular complexity index is 661. The summed E-state index contributed by atoms with van der Waals surface area (Å²) in [5.41, 5.74) is 2.19. The van der Waals surface area contributed by atoms with Gasteiger partial charge in [0.2, 0.25) is 0 Å². The fraction of sp³-hybridized carbons (Fsp3) is 0.400. The van der Waals surface area contributed by atoms with Crippen LogP contribution in [-0.4, -0.2) is 36.4 Å². The fourth-order valence-electron chi connectivity index (χ4n) is 2.85. The van der Waals surface area contributed by atoms with Crippen LogP contribution < -0.4 is 10.2 Å². The standard InChI is InChI=1S/C15H17N5/c1-17-11-5-4-8-20(10-11)15-12-6-2-3-7-13(12)18-19-14(15)9-16/h2-3,6-7,11,17H,4-5,8,10H2,1H3. The third-order valence-corrected chi connectivity index (χ3v) is 3.89. The Hall–Kier alpha value is -2.19. The number of hydrogen-bond acceptors (Lipinski definition) is 5. The van der Waals surface area contributed by atoms with Gasteiger partial charge in [0.25, 0.3) is 0 Å². The van der Waals surface area contributed by atoms with Crippen molar-refractivity contribution in [3.8, 4) is 6.07 Å². The van der Waals surface area contributed by atoms with Gasteiger partial charge in [-0.15, -0.1) is 10.2 Å². The highest BCUT2D eigenvalue weighted by molar-refractivity contribution is 5.93. The number of anilines is 1. The van der Waals surface area contributed by atoms with Crippen molar-refractivity contribution >= 4 is 16.6 Å². The number of fused-ring (bicyclic) bond motifs is 1. The van der Waals surface area contributed by atoms with Gasteiger partial charge in [-0.3, -0.25) is 0 Å². The van der Waals surface area contributed by atoms with E-state index in [4.69, 9.17) is 0 Å². The molecule has 1 aliphatic rings. The van der Waals surface area contributed by atoms with E-state index in [2.05, 4.69) is 26.5 Å². The maximum atomic E-state index is 9.34. The second kappa shape index (κ2) is 5.43. The van der Waals surface area contributed by atoms with Gasteiger partial charge in [0, 0.05) is 24.5 Å². The van der Waals surface area contributed by atoms with Crippen molar-refractivity contribution in [3.63, 3.8) is 0 Å². The van der Waals surface area contributed by atoms with Crippen LogP contribution in [0.3, 0.4) is 0 Å². The van der Waals surface area contributed by atoms with Crippen LogP contribution in [0.25, 0.3) is 10.9 Å². The van der Waals surface area contributed by atoms with Crippen molar-refractivity contribution in [3.05, 3.63) is 30.0 Å². The Morgan fingerprint density at radius 1 is 1.35 bits per heavy atom. The SMILES string of the molecule is CNC1CCCN(c2c(C#N)nnc3ccccc23)C1. The van der Waals surface area contributed by atoms with E-state index in [-0.39, 0.29) is 0 Å². The molecule has 2 heterocycles. The number of piperidine rings is 1. The molecular formula is C15H17N5. The lowest BCUT2D eigenvalue weighted by Gasteiger charge is -2.34. The van der Waals surface area contributed by atoms with E-state index < -0.39 is 0 Å². The third-order valence-electron chi connectivity index (χ3n) is 3.89. The van der Waals surface area contributed by atoms with Crippen molar-refractivity contribution in [1.82, 2.24) is 15.5 Å². The molecule has 1 fully saturated rings. The number of hydrogen-bond donors (Lipinski definition) is 1. The number of aromatic nitrogens is 2. The number of nitrogens with one attached hydrogen (secondary N) is 1. The summed E-state index contributed by atoms with van der Waals surface area (Å²) >= 11 is 0. The molecule has 20 heavy (non-hydrogen) atoms. The molecule has 0 saturated carbocycles. The molecule has 1 aromatic heterocycles. The molecule has 1 unspecified atom stereocenters. The molecule has 5 nitrogen and oxygen atoms in total. The van der Waals surface area contributed by atoms with Crippen LogP contribution in [0.5, 0.6) is 0 Å². The average Bonchev–Trinajstić information content (AvgIpc) is 2.53. The second-order valence-electron chi connectivity index (χ2n) is 5.10. The van der Waals surface area contributed by atoms with Gasteiger partial charge in [0.15, 0.2) is 5.69 Å². The van der Waals surface area contributed by atoms with Crippen LogP contribution in [0.2, 0.25) is 0 Å². The normalized spacial score (nSPS) is 19.0. The van der Waals surface area contributed by atoms with Gasteiger partial charge in [-0.1, -0.05) is 18.2 Å². The average molecular weight is 267 g/mol. The number of rotatable bonds is 2. The van der Waals surface area contributed by atoms with Crippen LogP contribution >= 0.6 is 0 Å². The first kappa shape index (κ1) is 12.8. The summed E-state index contributed by atoms with van der Waals surface area (Å²) in [6.07, 6.45) is 2.29. The van der Waals surface area contributed by atoms with Gasteiger partial charge in [-0.2, -0.15) is 5.26 Å². The topological polar surface area (TPSA) is 64.8 Å². The molecule has 0 bridgehead atoms. The summed E-state index contributed by atoms with van der Waals surface area (Å²) in [4.78, 5) is 2.26. The van der Waals surface area contributed by atoms with E-state index in [0.29, 0.717) is 11.7 Å². The summed E-state index contributed by atoms with van der Waals surface area (Å²) in [6, 6.07) is 10.5. The molecule has 0 amide bonds. The van der Waals surface area contributed by atoms with Gasteiger partial charge in [-0.25, -0.2) is 0 Å². The van der Waals surface area contributed by atoms with Crippen molar-refractivity contribution in [2.24, 2.45) is 0 Å². The molecule has 1 saturated heterocycles. The Morgan fingerprint density at radius 3 is 3.00 bits per heavy atom. The number of nitrogens with zero attached hydrogens (tertiary/aromatic N) is 4. The predicted octanol–water partition coefficient (Wildman–Crippen LogP) is 1.69. The van der Waals surface area contributed by atoms with Crippen LogP contribution in [0.15, 0.2) is 24.3 Å². The third kappa shape index (κ3) is 2.19. The van der Waals surface area contributed by atoms with E-state index in [1.54, 1.807) is 0 Å². The second-order valence-corrected chi connectivity index (χ2v) is 5.10. The molecular weight excluding hydrogens is 250 g/mol. The molecule has 2 aromatic rings. The minimum absolute atomic E-state index is 0.417. The van der Waals surface area contributed by atoms with E-state index in [1.807, 2.05) is 31.3 Å². The minimum atomic E-state index is 0.417. The van der Waals surface area contributed by atoms with Crippen LogP contribution in [0.1, 0.15) is 18.5 Å². The number of likely N-dealkylation sites (N-methyl/N-ethyl adjacent to an activating group) is 1. The highest BCUT2D eigenvalue weighted by atomic mass is 15.2. The zero-order valence-corrected chi connectivity index (χ0v) is 11.5. The molecule has 3 rings (SSSR count). The number of benzene rings is 1. The smallest absolute Gasteiger partial charge is 0.187 e. The molecule has 0 aliphatic carbocycles. The van der Waals surface area contributed by atoms with E-state index in [9.17, 15) is 5.26 Å². The van der Waals surface area contributed by atoms with Gasteiger partial charge in [0.05, 0.1) is 11.2 Å². The van der Waals surface area contributed by atoms with Crippen LogP contribution in [0, 0.1) is 11.3 Å². The lowest BCUT2D eigenvalue weighted by molar-refractivity contribution is 0.450. The monoisotopic (exact) mass is 267 g/mol. The lowest BCUT2D eigenvalue weighted by atomic mass is 10.0. The summed E-state index contributed by atoms with van der Waals surface area (Å²) in [5.74, 6) is 0. The maximum Gasteiger partial charge on any atom is 0.187 e. The zero-order valence-electron chi connectivity index (χ0n) is 11.5. The molecule has 0 spiro atoms. The van der Waals surface area contributed by atoms with Crippen molar-refractivity contribution in [2.45, 2.75) is 18.9 Å². The highest BCUT2D eigenvalue weighted by Crippen LogP contribution is 2.29. The van der Waals surface area contributed by atoms with Crippen LogP contribution in [-0.2, 0) is 0 Å². The summed E-state index contributed by atoms with van der Waals surface area (Å²) < 4.78 is 0. The first-order valence-electron chi connectivity index (χ1n) is 6.91. The summed E-state index contributed by atoms with van der Waals surface area (Å²) in [5, 5.41) is 21.9. The lowest BCUT2D eigenvalue weighted by Crippen LogP contribution is -2.44. The largest absolute Gasteiger partial charge is 0.367 e. The van der Waals surface area contributed by atoms with Crippen LogP contribution in [0.4, 0.5) is 5.69 Å². The molecule has 0 radical (unpaired) electrons. The van der Waals surface area contributed by atoms with Gasteiger partial charge in [0.1, 0.15) is 6.07 Å². The van der Waals surface area contributed by atoms with E-state index in [1.165, 1.54) is 6.42 Å². The molecule has 1 aromatic carbocycles. The maximum absolute atomic E-state index is 9.34. The molecule has 1 atom stereocenters. The fourth-order valence-corrected chi connectivity index (χ4v) is 2.85. The molecule has 102 valence electrons. The van der Waals surface area contributed by atoms with Crippen molar-refractivity contribution in [2.75, 3.05) is 25.0 Å². The van der Waals surface area contributed by atoms with E-state index in [0.717, 1.165) is 36.1 Å². The number of nitriles is 1. The summed E-state index contributed by atoms with van der Waals surface area (Å²) in [7, 11) is 1.99. The first-order valence-corrected chi connectivity index (χ1v) is 6.91. The Morgan fingerprint density at radius 2 is 2.20 bits per heavy atom. The quantitative estimate of drug-likeness (QED) is 0.897. The Labute approximate surface area is 118 Å². The molecule has 1 N–H and O–H groups in total. The van der Waals surface area contributed by atoms with Gasteiger partial charge < -0.3 is 10.2 Å². The first-order chi connectivity index (χ1) is 9.83. The highest BCUT2D eigenvalue weighted by Gasteiger charge is 2.23. The molecule has 5 heteroatoms. The summed E-state index contributed by atoms with van der Waals surface area (Å²) in [6.45, 7) is 1.86. The Kier molecular flexibility index (Phi) is 3.48. The van der Waals surface area contributed by atoms with Gasteiger partial charge in [-0.05, 0) is 26.0 Å². The van der Waals surface area contributed by atoms with Gasteiger partial charge >= 0.3 is 0 Å². The zero-order chi connectivity index (χ0) is 13.9. The van der Waals surface area contributed by atoms with Crippen molar-refractivity contribution in [1.29, 1.82) is 5.26 Å². The predicted molar refractivity (Wildman–Crippen MR) is 78.5 cm³/mol. The van der Waals surface area contributed by atoms with E-state index >= 15 is 0 Å². The molecule has 1 aliphatic heterocycles.